The molecule has 8 heteroatoms. The van der Waals surface area contributed by atoms with Gasteiger partial charge in [-0.25, -0.2) is 0 Å². The minimum absolute atomic E-state index is 0.150. The van der Waals surface area contributed by atoms with Crippen LogP contribution >= 0.6 is 0 Å². The highest BCUT2D eigenvalue weighted by atomic mass is 16.5. The summed E-state index contributed by atoms with van der Waals surface area (Å²) in [6.45, 7) is 6.69. The van der Waals surface area contributed by atoms with Crippen LogP contribution in [0, 0.1) is 12.8 Å². The lowest BCUT2D eigenvalue weighted by Crippen LogP contribution is -2.44. The van der Waals surface area contributed by atoms with E-state index in [0.29, 0.717) is 19.1 Å². The summed E-state index contributed by atoms with van der Waals surface area (Å²) in [5.41, 5.74) is 1.99. The predicted octanol–water partition coefficient (Wildman–Crippen LogP) is 1.75. The van der Waals surface area contributed by atoms with E-state index in [0.717, 1.165) is 36.4 Å². The number of carboxylic acid groups (broad SMARTS) is 1. The Morgan fingerprint density at radius 2 is 2.10 bits per heavy atom. The van der Waals surface area contributed by atoms with Crippen molar-refractivity contribution in [2.24, 2.45) is 5.92 Å². The van der Waals surface area contributed by atoms with E-state index in [1.807, 2.05) is 25.1 Å². The lowest BCUT2D eigenvalue weighted by atomic mass is 9.97. The van der Waals surface area contributed by atoms with Gasteiger partial charge < -0.3 is 25.8 Å². The minimum atomic E-state index is -1.05. The molecule has 1 aromatic rings. The van der Waals surface area contributed by atoms with E-state index in [1.54, 1.807) is 6.92 Å². The molecule has 1 saturated heterocycles. The van der Waals surface area contributed by atoms with Crippen molar-refractivity contribution in [3.05, 3.63) is 29.3 Å². The molecule has 1 fully saturated rings. The number of benzene rings is 1. The van der Waals surface area contributed by atoms with E-state index in [9.17, 15) is 14.4 Å². The molecule has 2 amide bonds. The Morgan fingerprint density at radius 3 is 2.80 bits per heavy atom. The van der Waals surface area contributed by atoms with Gasteiger partial charge in [0.25, 0.3) is 0 Å². The van der Waals surface area contributed by atoms with Gasteiger partial charge in [-0.2, -0.15) is 0 Å². The zero-order valence-corrected chi connectivity index (χ0v) is 17.8. The Morgan fingerprint density at radius 1 is 1.30 bits per heavy atom. The van der Waals surface area contributed by atoms with E-state index in [-0.39, 0.29) is 18.7 Å². The second-order valence-electron chi connectivity index (χ2n) is 7.84. The monoisotopic (exact) mass is 419 g/mol. The van der Waals surface area contributed by atoms with Gasteiger partial charge in [0.1, 0.15) is 11.8 Å². The zero-order valence-electron chi connectivity index (χ0n) is 17.8. The molecule has 1 aromatic carbocycles. The van der Waals surface area contributed by atoms with Crippen LogP contribution in [0.15, 0.2) is 18.2 Å². The lowest BCUT2D eigenvalue weighted by Gasteiger charge is -2.22. The van der Waals surface area contributed by atoms with Crippen LogP contribution < -0.4 is 20.7 Å². The summed E-state index contributed by atoms with van der Waals surface area (Å²) in [5.74, 6) is -0.386. The van der Waals surface area contributed by atoms with Crippen LogP contribution in [-0.4, -0.2) is 48.6 Å². The third-order valence-corrected chi connectivity index (χ3v) is 5.30. The Labute approximate surface area is 177 Å². The molecule has 0 spiro atoms. The van der Waals surface area contributed by atoms with Crippen LogP contribution in [0.1, 0.15) is 50.2 Å². The fourth-order valence-corrected chi connectivity index (χ4v) is 3.38. The van der Waals surface area contributed by atoms with Gasteiger partial charge in [0.05, 0.1) is 13.0 Å². The summed E-state index contributed by atoms with van der Waals surface area (Å²) in [5, 5.41) is 17.3. The van der Waals surface area contributed by atoms with E-state index >= 15 is 0 Å². The van der Waals surface area contributed by atoms with Crippen LogP contribution in [0.3, 0.4) is 0 Å². The highest BCUT2D eigenvalue weighted by Crippen LogP contribution is 2.19. The fourth-order valence-electron chi connectivity index (χ4n) is 3.38. The first-order valence-corrected chi connectivity index (χ1v) is 10.6. The molecule has 0 aromatic heterocycles. The van der Waals surface area contributed by atoms with Crippen molar-refractivity contribution in [2.75, 3.05) is 19.7 Å². The molecule has 0 radical (unpaired) electrons. The minimum Gasteiger partial charge on any atom is -0.494 e. The topological polar surface area (TPSA) is 117 Å². The van der Waals surface area contributed by atoms with Gasteiger partial charge in [-0.1, -0.05) is 6.07 Å². The van der Waals surface area contributed by atoms with Crippen LogP contribution in [0.5, 0.6) is 5.75 Å². The molecule has 0 bridgehead atoms. The van der Waals surface area contributed by atoms with Crippen LogP contribution in [0.25, 0.3) is 0 Å². The number of hydrogen-bond donors (Lipinski definition) is 4. The molecule has 0 aliphatic carbocycles. The van der Waals surface area contributed by atoms with E-state index in [4.69, 9.17) is 9.84 Å². The SMILES string of the molecule is Cc1ccc(OCCC2CCCNC2)cc1CNC(=O)C(C)NC(=O)CCC(=O)O. The van der Waals surface area contributed by atoms with Crippen molar-refractivity contribution in [3.8, 4) is 5.75 Å². The van der Waals surface area contributed by atoms with Crippen LogP contribution in [0.2, 0.25) is 0 Å². The summed E-state index contributed by atoms with van der Waals surface area (Å²) >= 11 is 0. The molecular formula is C22H33N3O5. The molecule has 2 atom stereocenters. The molecular weight excluding hydrogens is 386 g/mol. The average molecular weight is 420 g/mol. The largest absolute Gasteiger partial charge is 0.494 e. The number of aliphatic carboxylic acids is 1. The van der Waals surface area contributed by atoms with E-state index < -0.39 is 17.9 Å². The molecule has 1 aliphatic rings. The molecule has 1 heterocycles. The third kappa shape index (κ3) is 8.41. The normalized spacial score (nSPS) is 17.1. The van der Waals surface area contributed by atoms with Crippen LogP contribution in [-0.2, 0) is 20.9 Å². The van der Waals surface area contributed by atoms with Gasteiger partial charge in [-0.15, -0.1) is 0 Å². The molecule has 8 nitrogen and oxygen atoms in total. The smallest absolute Gasteiger partial charge is 0.303 e. The molecule has 2 rings (SSSR count). The van der Waals surface area contributed by atoms with Gasteiger partial charge >= 0.3 is 5.97 Å². The quantitative estimate of drug-likeness (QED) is 0.434. The van der Waals surface area contributed by atoms with E-state index in [2.05, 4.69) is 16.0 Å². The van der Waals surface area contributed by atoms with Crippen LogP contribution in [0.4, 0.5) is 0 Å². The van der Waals surface area contributed by atoms with Crippen molar-refractivity contribution in [2.45, 2.75) is 58.5 Å². The number of hydrogen-bond acceptors (Lipinski definition) is 5. The lowest BCUT2D eigenvalue weighted by molar-refractivity contribution is -0.139. The van der Waals surface area contributed by atoms with Crippen molar-refractivity contribution in [1.29, 1.82) is 0 Å². The summed E-state index contributed by atoms with van der Waals surface area (Å²) in [6, 6.07) is 5.10. The second-order valence-corrected chi connectivity index (χ2v) is 7.84. The Bertz CT molecular complexity index is 731. The number of amides is 2. The van der Waals surface area contributed by atoms with Gasteiger partial charge in [-0.3, -0.25) is 14.4 Å². The Kier molecular flexibility index (Phi) is 9.60. The number of carbonyl (C=O) groups excluding carboxylic acids is 2. The maximum absolute atomic E-state index is 12.3. The summed E-state index contributed by atoms with van der Waals surface area (Å²) < 4.78 is 5.91. The number of rotatable bonds is 11. The number of carbonyl (C=O) groups is 3. The molecule has 0 saturated carbocycles. The van der Waals surface area contributed by atoms with Crippen molar-refractivity contribution >= 4 is 17.8 Å². The maximum Gasteiger partial charge on any atom is 0.303 e. The number of ether oxygens (including phenoxy) is 1. The van der Waals surface area contributed by atoms with Crippen molar-refractivity contribution in [1.82, 2.24) is 16.0 Å². The maximum atomic E-state index is 12.3. The number of piperidine rings is 1. The van der Waals surface area contributed by atoms with E-state index in [1.165, 1.54) is 12.8 Å². The highest BCUT2D eigenvalue weighted by Gasteiger charge is 2.16. The summed E-state index contributed by atoms with van der Waals surface area (Å²) in [7, 11) is 0. The molecule has 1 aliphatic heterocycles. The third-order valence-electron chi connectivity index (χ3n) is 5.30. The highest BCUT2D eigenvalue weighted by molar-refractivity contribution is 5.88. The van der Waals surface area contributed by atoms with Gasteiger partial charge in [0.2, 0.25) is 11.8 Å². The van der Waals surface area contributed by atoms with Gasteiger partial charge in [0.15, 0.2) is 0 Å². The molecule has 166 valence electrons. The summed E-state index contributed by atoms with van der Waals surface area (Å²) in [6.07, 6.45) is 3.07. The molecule has 2 unspecified atom stereocenters. The fraction of sp³-hybridized carbons (Fsp3) is 0.591. The summed E-state index contributed by atoms with van der Waals surface area (Å²) in [4.78, 5) is 34.4. The van der Waals surface area contributed by atoms with Crippen molar-refractivity contribution < 1.29 is 24.2 Å². The first-order chi connectivity index (χ1) is 14.3. The molecule has 30 heavy (non-hydrogen) atoms. The zero-order chi connectivity index (χ0) is 21.9. The first-order valence-electron chi connectivity index (χ1n) is 10.6. The van der Waals surface area contributed by atoms with Gasteiger partial charge in [0, 0.05) is 13.0 Å². The predicted molar refractivity (Wildman–Crippen MR) is 113 cm³/mol. The number of aryl methyl sites for hydroxylation is 1. The van der Waals surface area contributed by atoms with Crippen molar-refractivity contribution in [3.63, 3.8) is 0 Å². The van der Waals surface area contributed by atoms with Gasteiger partial charge in [-0.05, 0) is 75.4 Å². The average Bonchev–Trinajstić information content (AvgIpc) is 2.73. The molecule has 4 N–H and O–H groups in total. The number of carboxylic acids is 1. The first kappa shape index (κ1) is 23.7. The Balaban J connectivity index is 1.78. The standard InChI is InChI=1S/C22H33N3O5/c1-15-5-6-19(30-11-9-17-4-3-10-23-13-17)12-18(15)14-24-22(29)16(2)25-20(26)7-8-21(27)28/h5-6,12,16-17,23H,3-4,7-11,13-14H2,1-2H3,(H,24,29)(H,25,26)(H,27,28). The number of nitrogens with one attached hydrogen (secondary N) is 3. The second kappa shape index (κ2) is 12.2. The Hall–Kier alpha value is -2.61.